The summed E-state index contributed by atoms with van der Waals surface area (Å²) in [4.78, 5) is 5.15. The lowest BCUT2D eigenvalue weighted by molar-refractivity contribution is 0.306. The number of imidazole rings is 1. The standard InChI is InChI=1S/C29H33N3O/c1-21(30-2)24-15-18-28-27(19-24)31-29(32(28)25-11-7-4-8-12-25)23-13-16-26(17-14-23)33-20-22-9-5-3-6-10-22/h3,5-6,9-10,13-19,21,25,30H,4,7-8,11-12,20H2,1-2H3. The number of hydrogen-bond acceptors (Lipinski definition) is 3. The molecular formula is C29H33N3O. The van der Waals surface area contributed by atoms with Gasteiger partial charge < -0.3 is 14.6 Å². The van der Waals surface area contributed by atoms with Gasteiger partial charge in [0.15, 0.2) is 0 Å². The van der Waals surface area contributed by atoms with Gasteiger partial charge in [-0.15, -0.1) is 0 Å². The molecule has 1 unspecified atom stereocenters. The molecule has 1 saturated carbocycles. The van der Waals surface area contributed by atoms with Crippen LogP contribution < -0.4 is 10.1 Å². The Balaban J connectivity index is 1.47. The Morgan fingerprint density at radius 1 is 0.970 bits per heavy atom. The third-order valence-electron chi connectivity index (χ3n) is 6.95. The molecule has 1 aliphatic rings. The van der Waals surface area contributed by atoms with Crippen molar-refractivity contribution in [1.29, 1.82) is 0 Å². The normalized spacial score (nSPS) is 15.6. The molecule has 4 heteroatoms. The Labute approximate surface area is 196 Å². The van der Waals surface area contributed by atoms with Crippen LogP contribution in [0.2, 0.25) is 0 Å². The van der Waals surface area contributed by atoms with Crippen molar-refractivity contribution in [2.45, 2.75) is 57.7 Å². The molecule has 1 atom stereocenters. The molecule has 1 aromatic heterocycles. The first-order chi connectivity index (χ1) is 16.2. The fraction of sp³-hybridized carbons (Fsp3) is 0.345. The number of benzene rings is 3. The van der Waals surface area contributed by atoms with E-state index < -0.39 is 0 Å². The molecule has 1 heterocycles. The molecule has 0 aliphatic heterocycles. The average Bonchev–Trinajstić information content (AvgIpc) is 3.27. The molecule has 0 amide bonds. The van der Waals surface area contributed by atoms with Gasteiger partial charge in [0, 0.05) is 17.6 Å². The van der Waals surface area contributed by atoms with Gasteiger partial charge in [0.1, 0.15) is 18.2 Å². The van der Waals surface area contributed by atoms with Gasteiger partial charge in [0.25, 0.3) is 0 Å². The van der Waals surface area contributed by atoms with Gasteiger partial charge in [0.05, 0.1) is 11.0 Å². The molecule has 5 rings (SSSR count). The summed E-state index contributed by atoms with van der Waals surface area (Å²) in [6.45, 7) is 2.77. The number of nitrogens with one attached hydrogen (secondary N) is 1. The maximum absolute atomic E-state index is 6.01. The van der Waals surface area contributed by atoms with Gasteiger partial charge in [-0.1, -0.05) is 55.7 Å². The van der Waals surface area contributed by atoms with E-state index in [9.17, 15) is 0 Å². The zero-order valence-corrected chi connectivity index (χ0v) is 19.6. The van der Waals surface area contributed by atoms with Crippen molar-refractivity contribution in [3.63, 3.8) is 0 Å². The van der Waals surface area contributed by atoms with E-state index in [2.05, 4.69) is 71.4 Å². The highest BCUT2D eigenvalue weighted by molar-refractivity contribution is 5.82. The molecule has 0 spiro atoms. The van der Waals surface area contributed by atoms with Crippen molar-refractivity contribution >= 4 is 11.0 Å². The van der Waals surface area contributed by atoms with Crippen LogP contribution >= 0.6 is 0 Å². The van der Waals surface area contributed by atoms with E-state index >= 15 is 0 Å². The summed E-state index contributed by atoms with van der Waals surface area (Å²) in [5.41, 5.74) is 5.92. The van der Waals surface area contributed by atoms with E-state index in [1.807, 2.05) is 25.2 Å². The van der Waals surface area contributed by atoms with Crippen LogP contribution in [0.3, 0.4) is 0 Å². The van der Waals surface area contributed by atoms with Gasteiger partial charge in [-0.3, -0.25) is 0 Å². The first-order valence-corrected chi connectivity index (χ1v) is 12.2. The third-order valence-corrected chi connectivity index (χ3v) is 6.95. The first-order valence-electron chi connectivity index (χ1n) is 12.2. The van der Waals surface area contributed by atoms with Crippen molar-refractivity contribution in [2.75, 3.05) is 7.05 Å². The quantitative estimate of drug-likeness (QED) is 0.335. The van der Waals surface area contributed by atoms with E-state index in [-0.39, 0.29) is 0 Å². The fourth-order valence-electron chi connectivity index (χ4n) is 4.91. The summed E-state index contributed by atoms with van der Waals surface area (Å²) < 4.78 is 8.51. The van der Waals surface area contributed by atoms with Gasteiger partial charge in [0.2, 0.25) is 0 Å². The number of rotatable bonds is 7. The molecule has 0 saturated heterocycles. The fourth-order valence-corrected chi connectivity index (χ4v) is 4.91. The molecule has 4 nitrogen and oxygen atoms in total. The number of nitrogens with zero attached hydrogens (tertiary/aromatic N) is 2. The molecule has 170 valence electrons. The summed E-state index contributed by atoms with van der Waals surface area (Å²) in [6, 6.07) is 26.3. The van der Waals surface area contributed by atoms with Crippen molar-refractivity contribution in [1.82, 2.24) is 14.9 Å². The minimum atomic E-state index is 0.304. The smallest absolute Gasteiger partial charge is 0.141 e. The van der Waals surface area contributed by atoms with E-state index in [0.29, 0.717) is 18.7 Å². The van der Waals surface area contributed by atoms with E-state index in [4.69, 9.17) is 9.72 Å². The van der Waals surface area contributed by atoms with Crippen LogP contribution in [0.1, 0.15) is 62.2 Å². The molecule has 0 bridgehead atoms. The van der Waals surface area contributed by atoms with E-state index in [1.54, 1.807) is 0 Å². The summed E-state index contributed by atoms with van der Waals surface area (Å²) in [5, 5.41) is 3.34. The number of hydrogen-bond donors (Lipinski definition) is 1. The van der Waals surface area contributed by atoms with Crippen LogP contribution in [-0.2, 0) is 6.61 Å². The lowest BCUT2D eigenvalue weighted by atomic mass is 9.94. The SMILES string of the molecule is CNC(C)c1ccc2c(c1)nc(-c1ccc(OCc3ccccc3)cc1)n2C1CCCCC1. The summed E-state index contributed by atoms with van der Waals surface area (Å²) in [5.74, 6) is 1.95. The summed E-state index contributed by atoms with van der Waals surface area (Å²) in [7, 11) is 2.00. The van der Waals surface area contributed by atoms with E-state index in [0.717, 1.165) is 22.7 Å². The first kappa shape index (κ1) is 21.7. The molecule has 1 aliphatic carbocycles. The number of fused-ring (bicyclic) bond motifs is 1. The van der Waals surface area contributed by atoms with E-state index in [1.165, 1.54) is 48.7 Å². The monoisotopic (exact) mass is 439 g/mol. The summed E-state index contributed by atoms with van der Waals surface area (Å²) >= 11 is 0. The van der Waals surface area contributed by atoms with Gasteiger partial charge in [-0.2, -0.15) is 0 Å². The summed E-state index contributed by atoms with van der Waals surface area (Å²) in [6.07, 6.45) is 6.39. The molecule has 1 fully saturated rings. The second-order valence-corrected chi connectivity index (χ2v) is 9.15. The number of ether oxygens (including phenoxy) is 1. The highest BCUT2D eigenvalue weighted by atomic mass is 16.5. The highest BCUT2D eigenvalue weighted by Gasteiger charge is 2.22. The molecular weight excluding hydrogens is 406 g/mol. The minimum absolute atomic E-state index is 0.304. The maximum atomic E-state index is 6.01. The lowest BCUT2D eigenvalue weighted by Crippen LogP contribution is -2.14. The predicted molar refractivity (Wildman–Crippen MR) is 136 cm³/mol. The zero-order valence-electron chi connectivity index (χ0n) is 19.6. The zero-order chi connectivity index (χ0) is 22.6. The largest absolute Gasteiger partial charge is 0.489 e. The Bertz CT molecular complexity index is 1190. The maximum Gasteiger partial charge on any atom is 0.141 e. The van der Waals surface area contributed by atoms with Crippen LogP contribution in [0, 0.1) is 0 Å². The van der Waals surface area contributed by atoms with Crippen LogP contribution in [0.15, 0.2) is 72.8 Å². The predicted octanol–water partition coefficient (Wildman–Crippen LogP) is 7.07. The molecule has 3 aromatic carbocycles. The molecule has 4 aromatic rings. The van der Waals surface area contributed by atoms with Crippen molar-refractivity contribution in [2.24, 2.45) is 0 Å². The topological polar surface area (TPSA) is 39.1 Å². The van der Waals surface area contributed by atoms with Crippen molar-refractivity contribution in [3.8, 4) is 17.1 Å². The Morgan fingerprint density at radius 3 is 2.45 bits per heavy atom. The minimum Gasteiger partial charge on any atom is -0.489 e. The Hall–Kier alpha value is -3.11. The second kappa shape index (κ2) is 9.80. The molecule has 1 N–H and O–H groups in total. The third kappa shape index (κ3) is 4.67. The molecule has 33 heavy (non-hydrogen) atoms. The van der Waals surface area contributed by atoms with Crippen LogP contribution in [0.5, 0.6) is 5.75 Å². The van der Waals surface area contributed by atoms with Crippen LogP contribution in [0.25, 0.3) is 22.4 Å². The van der Waals surface area contributed by atoms with Gasteiger partial charge >= 0.3 is 0 Å². The van der Waals surface area contributed by atoms with Crippen molar-refractivity contribution < 1.29 is 4.74 Å². The van der Waals surface area contributed by atoms with Crippen LogP contribution in [0.4, 0.5) is 0 Å². The average molecular weight is 440 g/mol. The van der Waals surface area contributed by atoms with Crippen LogP contribution in [-0.4, -0.2) is 16.6 Å². The highest BCUT2D eigenvalue weighted by Crippen LogP contribution is 2.37. The molecule has 0 radical (unpaired) electrons. The van der Waals surface area contributed by atoms with Crippen molar-refractivity contribution in [3.05, 3.63) is 83.9 Å². The Kier molecular flexibility index (Phi) is 6.45. The lowest BCUT2D eigenvalue weighted by Gasteiger charge is -2.25. The second-order valence-electron chi connectivity index (χ2n) is 9.15. The van der Waals surface area contributed by atoms with Gasteiger partial charge in [-0.05, 0) is 74.3 Å². The Morgan fingerprint density at radius 2 is 1.73 bits per heavy atom. The van der Waals surface area contributed by atoms with Gasteiger partial charge in [-0.25, -0.2) is 4.98 Å². The number of aromatic nitrogens is 2.